The largest absolute Gasteiger partial charge is 0.505 e. The summed E-state index contributed by atoms with van der Waals surface area (Å²) in [5, 5.41) is 11.0. The molecule has 2 bridgehead atoms. The van der Waals surface area contributed by atoms with Crippen LogP contribution in [0.5, 0.6) is 5.75 Å². The van der Waals surface area contributed by atoms with E-state index in [9.17, 15) is 18.7 Å². The Hall–Kier alpha value is -3.54. The SMILES string of the molecule is O=C1CCC/N=C(/c2ccccc2)c2cc(F)cc(c2O)N1Cc1ccc(F)cc1. The molecule has 0 fully saturated rings. The lowest BCUT2D eigenvalue weighted by atomic mass is 9.99. The molecule has 0 aliphatic carbocycles. The zero-order valence-corrected chi connectivity index (χ0v) is 16.2. The van der Waals surface area contributed by atoms with Gasteiger partial charge in [0, 0.05) is 30.2 Å². The summed E-state index contributed by atoms with van der Waals surface area (Å²) in [4.78, 5) is 18.8. The number of rotatable bonds is 3. The number of phenols is 1. The van der Waals surface area contributed by atoms with E-state index in [0.29, 0.717) is 24.2 Å². The van der Waals surface area contributed by atoms with Crippen molar-refractivity contribution < 1.29 is 18.7 Å². The van der Waals surface area contributed by atoms with Crippen molar-refractivity contribution in [1.29, 1.82) is 0 Å². The maximum atomic E-state index is 14.6. The maximum Gasteiger partial charge on any atom is 0.227 e. The van der Waals surface area contributed by atoms with Crippen molar-refractivity contribution in [3.8, 4) is 5.75 Å². The first-order chi connectivity index (χ1) is 14.5. The van der Waals surface area contributed by atoms with E-state index in [-0.39, 0.29) is 41.7 Å². The summed E-state index contributed by atoms with van der Waals surface area (Å²) >= 11 is 0. The summed E-state index contributed by atoms with van der Waals surface area (Å²) in [6.07, 6.45) is 0.709. The van der Waals surface area contributed by atoms with E-state index in [1.54, 1.807) is 12.1 Å². The molecule has 6 heteroatoms. The quantitative estimate of drug-likeness (QED) is 0.677. The Bertz CT molecular complexity index is 1100. The Morgan fingerprint density at radius 2 is 1.70 bits per heavy atom. The Balaban J connectivity index is 1.84. The highest BCUT2D eigenvalue weighted by Crippen LogP contribution is 2.36. The number of benzene rings is 3. The fourth-order valence-electron chi connectivity index (χ4n) is 3.54. The minimum absolute atomic E-state index is 0.0739. The van der Waals surface area contributed by atoms with Crippen LogP contribution < -0.4 is 4.90 Å². The summed E-state index contributed by atoms with van der Waals surface area (Å²) in [7, 11) is 0. The van der Waals surface area contributed by atoms with Crippen molar-refractivity contribution >= 4 is 17.3 Å². The molecule has 0 saturated heterocycles. The fourth-order valence-corrected chi connectivity index (χ4v) is 3.54. The predicted molar refractivity (Wildman–Crippen MR) is 112 cm³/mol. The molecule has 0 aromatic heterocycles. The first-order valence-electron chi connectivity index (χ1n) is 9.70. The standard InChI is InChI=1S/C24H20F2N2O2/c25-18-10-8-16(9-11-18)15-28-21-14-19(26)13-20(24(21)30)23(17-5-2-1-3-6-17)27-12-4-7-22(28)29/h1-3,5-6,8-11,13-14,30H,4,7,12,15H2/b27-23-. The molecule has 0 radical (unpaired) electrons. The molecule has 4 rings (SSSR count). The molecular formula is C24H20F2N2O2. The molecule has 3 aromatic rings. The smallest absolute Gasteiger partial charge is 0.227 e. The first kappa shape index (κ1) is 19.8. The highest BCUT2D eigenvalue weighted by molar-refractivity contribution is 6.15. The van der Waals surface area contributed by atoms with Crippen LogP contribution in [0.3, 0.4) is 0 Å². The highest BCUT2D eigenvalue weighted by atomic mass is 19.1. The molecule has 1 aliphatic rings. The van der Waals surface area contributed by atoms with Gasteiger partial charge in [-0.3, -0.25) is 9.79 Å². The van der Waals surface area contributed by atoms with Crippen molar-refractivity contribution in [1.82, 2.24) is 0 Å². The van der Waals surface area contributed by atoms with Crippen molar-refractivity contribution in [3.05, 3.63) is 95.1 Å². The van der Waals surface area contributed by atoms with Gasteiger partial charge in [-0.15, -0.1) is 0 Å². The Morgan fingerprint density at radius 1 is 0.967 bits per heavy atom. The Kier molecular flexibility index (Phi) is 5.57. The molecule has 30 heavy (non-hydrogen) atoms. The molecule has 152 valence electrons. The fraction of sp³-hybridized carbons (Fsp3) is 0.167. The van der Waals surface area contributed by atoms with Gasteiger partial charge in [-0.1, -0.05) is 42.5 Å². The van der Waals surface area contributed by atoms with Crippen LogP contribution in [0.4, 0.5) is 14.5 Å². The van der Waals surface area contributed by atoms with Crippen molar-refractivity contribution in [2.24, 2.45) is 4.99 Å². The van der Waals surface area contributed by atoms with Crippen LogP contribution in [0.15, 0.2) is 71.7 Å². The van der Waals surface area contributed by atoms with Gasteiger partial charge in [0.15, 0.2) is 0 Å². The van der Waals surface area contributed by atoms with Gasteiger partial charge in [0.2, 0.25) is 5.91 Å². The van der Waals surface area contributed by atoms with Crippen LogP contribution in [0, 0.1) is 11.6 Å². The molecule has 3 aromatic carbocycles. The van der Waals surface area contributed by atoms with E-state index in [4.69, 9.17) is 0 Å². The van der Waals surface area contributed by atoms with Crippen molar-refractivity contribution in [3.63, 3.8) is 0 Å². The number of nitrogens with zero attached hydrogens (tertiary/aromatic N) is 2. The van der Waals surface area contributed by atoms with Crippen LogP contribution in [-0.2, 0) is 11.3 Å². The summed E-state index contributed by atoms with van der Waals surface area (Å²) in [6, 6.07) is 17.4. The van der Waals surface area contributed by atoms with E-state index in [0.717, 1.165) is 11.6 Å². The third-order valence-electron chi connectivity index (χ3n) is 5.02. The number of carbonyl (C=O) groups excluding carboxylic acids is 1. The Labute approximate surface area is 173 Å². The second-order valence-electron chi connectivity index (χ2n) is 7.13. The average Bonchev–Trinajstić information content (AvgIpc) is 2.75. The summed E-state index contributed by atoms with van der Waals surface area (Å²) < 4.78 is 27.9. The molecule has 4 nitrogen and oxygen atoms in total. The topological polar surface area (TPSA) is 52.9 Å². The van der Waals surface area contributed by atoms with Gasteiger partial charge in [-0.25, -0.2) is 8.78 Å². The molecule has 0 unspecified atom stereocenters. The van der Waals surface area contributed by atoms with E-state index in [1.165, 1.54) is 23.1 Å². The van der Waals surface area contributed by atoms with Crippen LogP contribution in [-0.4, -0.2) is 23.3 Å². The van der Waals surface area contributed by atoms with Gasteiger partial charge in [-0.2, -0.15) is 0 Å². The molecule has 1 heterocycles. The maximum absolute atomic E-state index is 14.6. The van der Waals surface area contributed by atoms with Crippen LogP contribution >= 0.6 is 0 Å². The van der Waals surface area contributed by atoms with Gasteiger partial charge >= 0.3 is 0 Å². The van der Waals surface area contributed by atoms with E-state index < -0.39 is 5.82 Å². The molecule has 0 saturated carbocycles. The second kappa shape index (κ2) is 8.45. The second-order valence-corrected chi connectivity index (χ2v) is 7.13. The Morgan fingerprint density at radius 3 is 2.43 bits per heavy atom. The number of fused-ring (bicyclic) bond motifs is 2. The third kappa shape index (κ3) is 4.08. The third-order valence-corrected chi connectivity index (χ3v) is 5.02. The van der Waals surface area contributed by atoms with Gasteiger partial charge in [-0.05, 0) is 30.2 Å². The lowest BCUT2D eigenvalue weighted by Gasteiger charge is -2.26. The van der Waals surface area contributed by atoms with Gasteiger partial charge in [0.1, 0.15) is 17.4 Å². The highest BCUT2D eigenvalue weighted by Gasteiger charge is 2.25. The lowest BCUT2D eigenvalue weighted by molar-refractivity contribution is -0.118. The molecule has 0 spiro atoms. The number of aliphatic imine (C=N–C) groups is 1. The molecule has 0 atom stereocenters. The number of amides is 1. The van der Waals surface area contributed by atoms with Crippen molar-refractivity contribution in [2.45, 2.75) is 19.4 Å². The number of halogens is 2. The number of carbonyl (C=O) groups is 1. The molecule has 1 aliphatic heterocycles. The molecular weight excluding hydrogens is 386 g/mol. The number of aromatic hydroxyl groups is 1. The minimum Gasteiger partial charge on any atom is -0.505 e. The van der Waals surface area contributed by atoms with E-state index in [1.807, 2.05) is 30.3 Å². The monoisotopic (exact) mass is 406 g/mol. The average molecular weight is 406 g/mol. The summed E-state index contributed by atoms with van der Waals surface area (Å²) in [5.74, 6) is -1.44. The van der Waals surface area contributed by atoms with Gasteiger partial charge in [0.05, 0.1) is 17.9 Å². The lowest BCUT2D eigenvalue weighted by Crippen LogP contribution is -2.31. The summed E-state index contributed by atoms with van der Waals surface area (Å²) in [6.45, 7) is 0.457. The zero-order valence-electron chi connectivity index (χ0n) is 16.2. The molecule has 1 amide bonds. The predicted octanol–water partition coefficient (Wildman–Crippen LogP) is 4.83. The minimum atomic E-state index is -0.584. The first-order valence-corrected chi connectivity index (χ1v) is 9.70. The van der Waals surface area contributed by atoms with Crippen LogP contribution in [0.2, 0.25) is 0 Å². The normalized spacial score (nSPS) is 16.1. The van der Waals surface area contributed by atoms with E-state index >= 15 is 0 Å². The van der Waals surface area contributed by atoms with Gasteiger partial charge in [0.25, 0.3) is 0 Å². The van der Waals surface area contributed by atoms with E-state index in [2.05, 4.69) is 4.99 Å². The number of anilines is 1. The summed E-state index contributed by atoms with van der Waals surface area (Å²) in [5.41, 5.74) is 2.20. The van der Waals surface area contributed by atoms with Crippen molar-refractivity contribution in [2.75, 3.05) is 11.4 Å². The van der Waals surface area contributed by atoms with Crippen LogP contribution in [0.25, 0.3) is 0 Å². The zero-order chi connectivity index (χ0) is 21.1. The number of phenolic OH excluding ortho intramolecular Hbond substituents is 1. The van der Waals surface area contributed by atoms with Gasteiger partial charge < -0.3 is 10.0 Å². The van der Waals surface area contributed by atoms with Crippen LogP contribution in [0.1, 0.15) is 29.5 Å². The molecule has 1 N–H and O–H groups in total. The number of hydrogen-bond donors (Lipinski definition) is 1. The number of hydrogen-bond acceptors (Lipinski definition) is 3.